The molecule has 0 aromatic carbocycles. The predicted octanol–water partition coefficient (Wildman–Crippen LogP) is 4.55. The van der Waals surface area contributed by atoms with Crippen molar-refractivity contribution in [2.45, 2.75) is 73.0 Å². The molecule has 1 amide bonds. The molecule has 1 aliphatic rings. The van der Waals surface area contributed by atoms with Crippen LogP contribution in [0.1, 0.15) is 64.7 Å². The van der Waals surface area contributed by atoms with Gasteiger partial charge in [-0.15, -0.1) is 0 Å². The van der Waals surface area contributed by atoms with Crippen molar-refractivity contribution in [3.8, 4) is 5.69 Å². The SMILES string of the molecule is Cc1nc(C)c(-n2c(=O)nc(N3CCN(C(=O)OC(C)(C)C)CC3C)c3cc(F)c(Cl)nc32)c(C(C)C)n1. The first-order valence-electron chi connectivity index (χ1n) is 12.6. The topological polar surface area (TPSA) is 106 Å². The molecular weight excluding hydrogens is 513 g/mol. The van der Waals surface area contributed by atoms with Gasteiger partial charge in [-0.2, -0.15) is 4.98 Å². The van der Waals surface area contributed by atoms with Gasteiger partial charge < -0.3 is 14.5 Å². The van der Waals surface area contributed by atoms with Crippen LogP contribution in [0.4, 0.5) is 15.0 Å². The van der Waals surface area contributed by atoms with E-state index in [0.29, 0.717) is 47.9 Å². The minimum atomic E-state index is -0.728. The summed E-state index contributed by atoms with van der Waals surface area (Å²) in [6.45, 7) is 15.9. The molecule has 3 aromatic heterocycles. The number of carbonyl (C=O) groups excluding carboxylic acids is 1. The molecule has 1 saturated heterocycles. The Morgan fingerprint density at radius 2 is 1.84 bits per heavy atom. The molecule has 204 valence electrons. The van der Waals surface area contributed by atoms with Crippen molar-refractivity contribution in [2.75, 3.05) is 24.5 Å². The van der Waals surface area contributed by atoms with Gasteiger partial charge in [-0.3, -0.25) is 0 Å². The molecule has 1 atom stereocenters. The standard InChI is InChI=1S/C26H33ClFN7O3/c1-13(2)19-20(15(4)29-16(5)30-19)35-23-17(11-18(28)21(27)31-23)22(32-24(35)36)34-10-9-33(12-14(34)3)25(37)38-26(6,7)8/h11,13-14H,9-10,12H2,1-8H3. The van der Waals surface area contributed by atoms with E-state index in [1.165, 1.54) is 10.6 Å². The summed E-state index contributed by atoms with van der Waals surface area (Å²) in [5.41, 5.74) is 0.606. The lowest BCUT2D eigenvalue weighted by Gasteiger charge is -2.41. The van der Waals surface area contributed by atoms with E-state index in [9.17, 15) is 14.0 Å². The van der Waals surface area contributed by atoms with Gasteiger partial charge in [-0.05, 0) is 53.5 Å². The number of nitrogens with zero attached hydrogens (tertiary/aromatic N) is 7. The fourth-order valence-corrected chi connectivity index (χ4v) is 4.82. The van der Waals surface area contributed by atoms with E-state index in [1.54, 1.807) is 18.7 Å². The number of halogens is 2. The first-order valence-corrected chi connectivity index (χ1v) is 12.9. The minimum absolute atomic E-state index is 0.0381. The summed E-state index contributed by atoms with van der Waals surface area (Å²) in [4.78, 5) is 47.5. The highest BCUT2D eigenvalue weighted by atomic mass is 35.5. The number of carbonyl (C=O) groups is 1. The Kier molecular flexibility index (Phi) is 7.35. The Balaban J connectivity index is 1.86. The second-order valence-corrected chi connectivity index (χ2v) is 11.3. The maximum absolute atomic E-state index is 14.8. The van der Waals surface area contributed by atoms with Crippen LogP contribution < -0.4 is 10.6 Å². The Hall–Kier alpha value is -3.34. The van der Waals surface area contributed by atoms with Crippen LogP contribution in [0, 0.1) is 19.7 Å². The fourth-order valence-electron chi connectivity index (χ4n) is 4.68. The highest BCUT2D eigenvalue weighted by Crippen LogP contribution is 2.32. The summed E-state index contributed by atoms with van der Waals surface area (Å²) < 4.78 is 21.6. The highest BCUT2D eigenvalue weighted by molar-refractivity contribution is 6.30. The number of pyridine rings is 1. The lowest BCUT2D eigenvalue weighted by Crippen LogP contribution is -2.55. The molecule has 38 heavy (non-hydrogen) atoms. The summed E-state index contributed by atoms with van der Waals surface area (Å²) in [7, 11) is 0. The lowest BCUT2D eigenvalue weighted by atomic mass is 10.1. The number of piperazine rings is 1. The first-order chi connectivity index (χ1) is 17.7. The second kappa shape index (κ2) is 10.1. The molecule has 1 fully saturated rings. The molecule has 4 rings (SSSR count). The van der Waals surface area contributed by atoms with E-state index in [4.69, 9.17) is 16.3 Å². The van der Waals surface area contributed by atoms with Crippen LogP contribution in [0.25, 0.3) is 16.7 Å². The zero-order valence-electron chi connectivity index (χ0n) is 23.0. The van der Waals surface area contributed by atoms with E-state index in [0.717, 1.165) is 0 Å². The molecule has 0 N–H and O–H groups in total. The first kappa shape index (κ1) is 27.7. The van der Waals surface area contributed by atoms with Crippen molar-refractivity contribution < 1.29 is 13.9 Å². The van der Waals surface area contributed by atoms with Crippen molar-refractivity contribution in [3.63, 3.8) is 0 Å². The van der Waals surface area contributed by atoms with Crippen molar-refractivity contribution >= 4 is 34.5 Å². The van der Waals surface area contributed by atoms with Crippen molar-refractivity contribution in [1.82, 2.24) is 29.4 Å². The second-order valence-electron chi connectivity index (χ2n) is 10.9. The molecule has 0 radical (unpaired) electrons. The minimum Gasteiger partial charge on any atom is -0.444 e. The van der Waals surface area contributed by atoms with E-state index in [1.807, 2.05) is 46.4 Å². The number of aromatic nitrogens is 5. The van der Waals surface area contributed by atoms with Gasteiger partial charge in [0.25, 0.3) is 0 Å². The van der Waals surface area contributed by atoms with Crippen molar-refractivity contribution in [1.29, 1.82) is 0 Å². The number of rotatable bonds is 3. The third kappa shape index (κ3) is 5.29. The van der Waals surface area contributed by atoms with E-state index < -0.39 is 23.2 Å². The van der Waals surface area contributed by atoms with Gasteiger partial charge in [0, 0.05) is 25.7 Å². The summed E-state index contributed by atoms with van der Waals surface area (Å²) in [5.74, 6) is 0.0837. The average Bonchev–Trinajstić information content (AvgIpc) is 2.79. The van der Waals surface area contributed by atoms with E-state index in [-0.39, 0.29) is 28.6 Å². The summed E-state index contributed by atoms with van der Waals surface area (Å²) >= 11 is 6.12. The molecule has 0 aliphatic carbocycles. The summed E-state index contributed by atoms with van der Waals surface area (Å²) in [6, 6.07) is 1.01. The van der Waals surface area contributed by atoms with Gasteiger partial charge in [-0.1, -0.05) is 25.4 Å². The van der Waals surface area contributed by atoms with Crippen LogP contribution in [0.3, 0.4) is 0 Å². The molecule has 4 heterocycles. The van der Waals surface area contributed by atoms with Crippen LogP contribution in [0.5, 0.6) is 0 Å². The molecule has 12 heteroatoms. The molecule has 1 aliphatic heterocycles. The number of ether oxygens (including phenoxy) is 1. The largest absolute Gasteiger partial charge is 0.444 e. The molecular formula is C26H33ClFN7O3. The highest BCUT2D eigenvalue weighted by Gasteiger charge is 2.33. The number of hydrogen-bond donors (Lipinski definition) is 0. The van der Waals surface area contributed by atoms with Crippen LogP contribution >= 0.6 is 11.6 Å². The number of aryl methyl sites for hydroxylation is 2. The summed E-state index contributed by atoms with van der Waals surface area (Å²) in [5, 5.41) is -0.0406. The van der Waals surface area contributed by atoms with Gasteiger partial charge >= 0.3 is 11.8 Å². The molecule has 0 spiro atoms. The molecule has 0 saturated carbocycles. The third-order valence-electron chi connectivity index (χ3n) is 6.28. The molecule has 0 bridgehead atoms. The Labute approximate surface area is 225 Å². The predicted molar refractivity (Wildman–Crippen MR) is 144 cm³/mol. The number of hydrogen-bond acceptors (Lipinski definition) is 8. The van der Waals surface area contributed by atoms with Crippen LogP contribution in [0.15, 0.2) is 10.9 Å². The smallest absolute Gasteiger partial charge is 0.410 e. The number of anilines is 1. The van der Waals surface area contributed by atoms with E-state index in [2.05, 4.69) is 19.9 Å². The molecule has 1 unspecified atom stereocenters. The monoisotopic (exact) mass is 545 g/mol. The average molecular weight is 546 g/mol. The summed E-state index contributed by atoms with van der Waals surface area (Å²) in [6.07, 6.45) is -0.409. The lowest BCUT2D eigenvalue weighted by molar-refractivity contribution is 0.0218. The van der Waals surface area contributed by atoms with Crippen LogP contribution in [-0.2, 0) is 4.74 Å². The van der Waals surface area contributed by atoms with Crippen molar-refractivity contribution in [2.24, 2.45) is 0 Å². The van der Waals surface area contributed by atoms with Crippen LogP contribution in [0.2, 0.25) is 5.15 Å². The van der Waals surface area contributed by atoms with Gasteiger partial charge in [0.1, 0.15) is 17.2 Å². The maximum atomic E-state index is 14.8. The Morgan fingerprint density at radius 3 is 2.45 bits per heavy atom. The van der Waals surface area contributed by atoms with Gasteiger partial charge in [0.2, 0.25) is 0 Å². The Morgan fingerprint density at radius 1 is 1.16 bits per heavy atom. The third-order valence-corrected chi connectivity index (χ3v) is 6.54. The van der Waals surface area contributed by atoms with Crippen LogP contribution in [-0.4, -0.2) is 66.8 Å². The Bertz CT molecular complexity index is 1470. The van der Waals surface area contributed by atoms with Gasteiger partial charge in [-0.25, -0.2) is 33.5 Å². The normalized spacial score (nSPS) is 16.4. The molecule has 10 nitrogen and oxygen atoms in total. The maximum Gasteiger partial charge on any atom is 0.410 e. The number of amides is 1. The number of fused-ring (bicyclic) bond motifs is 1. The van der Waals surface area contributed by atoms with Gasteiger partial charge in [0.15, 0.2) is 16.6 Å². The van der Waals surface area contributed by atoms with Gasteiger partial charge in [0.05, 0.1) is 22.5 Å². The fraction of sp³-hybridized carbons (Fsp3) is 0.538. The zero-order chi connectivity index (χ0) is 28.1. The molecule has 3 aromatic rings. The zero-order valence-corrected chi connectivity index (χ0v) is 23.7. The van der Waals surface area contributed by atoms with Crippen molar-refractivity contribution in [3.05, 3.63) is 44.7 Å². The quantitative estimate of drug-likeness (QED) is 0.441. The van der Waals surface area contributed by atoms with E-state index >= 15 is 0 Å².